The SMILES string of the molecule is CC#Cc1cc(C)c(/C2=C3/CCC(OCCOC)C(=C(C(C)C)O3)CNC2=O)c(OC)c1. The number of allylic oxidation sites excluding steroid dienone is 2. The van der Waals surface area contributed by atoms with Crippen LogP contribution in [0.5, 0.6) is 5.75 Å². The van der Waals surface area contributed by atoms with Crippen LogP contribution in [-0.2, 0) is 19.0 Å². The number of fused-ring (bicyclic) bond motifs is 2. The third-order valence-electron chi connectivity index (χ3n) is 5.69. The summed E-state index contributed by atoms with van der Waals surface area (Å²) in [7, 11) is 3.27. The van der Waals surface area contributed by atoms with Crippen LogP contribution in [0.15, 0.2) is 29.2 Å². The van der Waals surface area contributed by atoms with Crippen molar-refractivity contribution >= 4 is 11.5 Å². The van der Waals surface area contributed by atoms with E-state index in [9.17, 15) is 4.79 Å². The van der Waals surface area contributed by atoms with Crippen molar-refractivity contribution in [1.29, 1.82) is 0 Å². The van der Waals surface area contributed by atoms with E-state index in [1.807, 2.05) is 19.1 Å². The van der Waals surface area contributed by atoms with Gasteiger partial charge in [-0.05, 0) is 38.0 Å². The van der Waals surface area contributed by atoms with E-state index in [2.05, 4.69) is 31.0 Å². The largest absolute Gasteiger partial charge is 0.496 e. The molecular weight excluding hydrogens is 406 g/mol. The Kier molecular flexibility index (Phi) is 8.00. The van der Waals surface area contributed by atoms with E-state index in [4.69, 9.17) is 18.9 Å². The number of methoxy groups -OCH3 is 2. The third-order valence-corrected chi connectivity index (χ3v) is 5.69. The van der Waals surface area contributed by atoms with Gasteiger partial charge in [-0.15, -0.1) is 5.92 Å². The molecule has 2 aliphatic rings. The van der Waals surface area contributed by atoms with Gasteiger partial charge in [0, 0.05) is 42.7 Å². The first-order chi connectivity index (χ1) is 15.4. The number of benzene rings is 1. The summed E-state index contributed by atoms with van der Waals surface area (Å²) in [5.41, 5.74) is 4.02. The Morgan fingerprint density at radius 1 is 1.25 bits per heavy atom. The molecule has 2 bridgehead atoms. The summed E-state index contributed by atoms with van der Waals surface area (Å²) in [5, 5.41) is 3.10. The average molecular weight is 440 g/mol. The van der Waals surface area contributed by atoms with Gasteiger partial charge in [0.15, 0.2) is 0 Å². The molecule has 0 fully saturated rings. The van der Waals surface area contributed by atoms with E-state index in [0.29, 0.717) is 43.3 Å². The van der Waals surface area contributed by atoms with E-state index in [0.717, 1.165) is 34.4 Å². The van der Waals surface area contributed by atoms with Crippen molar-refractivity contribution in [2.45, 2.75) is 46.6 Å². The zero-order chi connectivity index (χ0) is 23.3. The van der Waals surface area contributed by atoms with Gasteiger partial charge >= 0.3 is 0 Å². The second kappa shape index (κ2) is 10.7. The number of carbonyl (C=O) groups is 1. The molecule has 1 aromatic carbocycles. The molecule has 32 heavy (non-hydrogen) atoms. The Balaban J connectivity index is 2.14. The zero-order valence-electron chi connectivity index (χ0n) is 19.9. The van der Waals surface area contributed by atoms with Gasteiger partial charge in [-0.3, -0.25) is 4.79 Å². The van der Waals surface area contributed by atoms with Gasteiger partial charge in [0.05, 0.1) is 32.0 Å². The average Bonchev–Trinajstić information content (AvgIpc) is 2.89. The van der Waals surface area contributed by atoms with Gasteiger partial charge in [-0.1, -0.05) is 19.8 Å². The minimum Gasteiger partial charge on any atom is -0.496 e. The summed E-state index contributed by atoms with van der Waals surface area (Å²) in [6.07, 6.45) is 1.17. The van der Waals surface area contributed by atoms with Crippen molar-refractivity contribution in [2.75, 3.05) is 34.0 Å². The van der Waals surface area contributed by atoms with Gasteiger partial charge in [0.1, 0.15) is 17.3 Å². The van der Waals surface area contributed by atoms with Gasteiger partial charge in [0.2, 0.25) is 0 Å². The number of amides is 1. The highest BCUT2D eigenvalue weighted by Crippen LogP contribution is 2.40. The molecule has 2 heterocycles. The fourth-order valence-electron chi connectivity index (χ4n) is 4.26. The number of ether oxygens (including phenoxy) is 4. The van der Waals surface area contributed by atoms with Gasteiger partial charge in [0.25, 0.3) is 5.91 Å². The lowest BCUT2D eigenvalue weighted by Crippen LogP contribution is -2.33. The van der Waals surface area contributed by atoms with Crippen molar-refractivity contribution in [2.24, 2.45) is 5.92 Å². The molecule has 1 unspecified atom stereocenters. The normalized spacial score (nSPS) is 20.7. The summed E-state index contributed by atoms with van der Waals surface area (Å²) in [6.45, 7) is 9.34. The van der Waals surface area contributed by atoms with E-state index < -0.39 is 0 Å². The molecule has 0 aliphatic carbocycles. The molecule has 2 aliphatic heterocycles. The van der Waals surface area contributed by atoms with E-state index >= 15 is 0 Å². The molecule has 1 atom stereocenters. The van der Waals surface area contributed by atoms with Gasteiger partial charge in [-0.25, -0.2) is 0 Å². The molecule has 0 radical (unpaired) electrons. The van der Waals surface area contributed by atoms with Crippen molar-refractivity contribution in [3.63, 3.8) is 0 Å². The number of aryl methyl sites for hydroxylation is 1. The molecule has 0 saturated carbocycles. The van der Waals surface area contributed by atoms with Crippen molar-refractivity contribution in [3.8, 4) is 17.6 Å². The van der Waals surface area contributed by atoms with E-state index in [1.54, 1.807) is 21.1 Å². The third kappa shape index (κ3) is 5.01. The number of hydrogen-bond acceptors (Lipinski definition) is 5. The van der Waals surface area contributed by atoms with E-state index in [1.165, 1.54) is 0 Å². The fraction of sp³-hybridized carbons (Fsp3) is 0.500. The maximum absolute atomic E-state index is 13.4. The number of carbonyl (C=O) groups excluding carboxylic acids is 1. The Bertz CT molecular complexity index is 993. The van der Waals surface area contributed by atoms with Crippen LogP contribution in [-0.4, -0.2) is 46.0 Å². The maximum Gasteiger partial charge on any atom is 0.255 e. The topological polar surface area (TPSA) is 66.0 Å². The molecule has 3 rings (SSSR count). The highest BCUT2D eigenvalue weighted by Gasteiger charge is 2.34. The standard InChI is InChI=1S/C26H33NO5/c1-7-8-18-13-17(4)23(22(14-18)30-6)24-21-10-9-20(31-12-11-29-5)19(15-27-26(24)28)25(32-21)16(2)3/h13-14,16,20H,9-12,15H2,1-6H3,(H,27,28)/b24-21+. The second-order valence-corrected chi connectivity index (χ2v) is 8.26. The van der Waals surface area contributed by atoms with Crippen molar-refractivity contribution < 1.29 is 23.7 Å². The monoisotopic (exact) mass is 439 g/mol. The van der Waals surface area contributed by atoms with Crippen LogP contribution in [0.2, 0.25) is 0 Å². The van der Waals surface area contributed by atoms with Crippen LogP contribution < -0.4 is 10.1 Å². The van der Waals surface area contributed by atoms with E-state index in [-0.39, 0.29) is 17.9 Å². The predicted octanol–water partition coefficient (Wildman–Crippen LogP) is 3.97. The van der Waals surface area contributed by atoms with Gasteiger partial charge < -0.3 is 24.3 Å². The van der Waals surface area contributed by atoms with Gasteiger partial charge in [-0.2, -0.15) is 0 Å². The lowest BCUT2D eigenvalue weighted by molar-refractivity contribution is -0.115. The van der Waals surface area contributed by atoms with Crippen LogP contribution in [0, 0.1) is 24.7 Å². The molecule has 6 heteroatoms. The van der Waals surface area contributed by atoms with Crippen LogP contribution in [0.25, 0.3) is 5.57 Å². The molecule has 0 spiro atoms. The summed E-state index contributed by atoms with van der Waals surface area (Å²) in [5.74, 6) is 8.08. The molecule has 172 valence electrons. The first-order valence-electron chi connectivity index (χ1n) is 11.1. The molecule has 0 aromatic heterocycles. The molecule has 1 N–H and O–H groups in total. The molecule has 0 saturated heterocycles. The van der Waals surface area contributed by atoms with Crippen LogP contribution >= 0.6 is 0 Å². The summed E-state index contributed by atoms with van der Waals surface area (Å²) < 4.78 is 23.5. The first kappa shape index (κ1) is 23.9. The Labute approximate surface area is 191 Å². The summed E-state index contributed by atoms with van der Waals surface area (Å²) in [6, 6.07) is 3.85. The Morgan fingerprint density at radius 2 is 2.03 bits per heavy atom. The number of hydrogen-bond donors (Lipinski definition) is 1. The zero-order valence-corrected chi connectivity index (χ0v) is 19.9. The van der Waals surface area contributed by atoms with Crippen LogP contribution in [0.4, 0.5) is 0 Å². The number of nitrogens with one attached hydrogen (secondary N) is 1. The Hall–Kier alpha value is -2.75. The maximum atomic E-state index is 13.4. The smallest absolute Gasteiger partial charge is 0.255 e. The van der Waals surface area contributed by atoms with Crippen LogP contribution in [0.3, 0.4) is 0 Å². The molecule has 1 aromatic rings. The minimum atomic E-state index is -0.173. The lowest BCUT2D eigenvalue weighted by Gasteiger charge is -2.26. The molecule has 6 nitrogen and oxygen atoms in total. The predicted molar refractivity (Wildman–Crippen MR) is 124 cm³/mol. The highest BCUT2D eigenvalue weighted by molar-refractivity contribution is 6.21. The summed E-state index contributed by atoms with van der Waals surface area (Å²) >= 11 is 0. The fourth-order valence-corrected chi connectivity index (χ4v) is 4.26. The first-order valence-corrected chi connectivity index (χ1v) is 11.1. The second-order valence-electron chi connectivity index (χ2n) is 8.26. The quantitative estimate of drug-likeness (QED) is 0.514. The molecular formula is C26H33NO5. The Morgan fingerprint density at radius 3 is 2.69 bits per heavy atom. The summed E-state index contributed by atoms with van der Waals surface area (Å²) in [4.78, 5) is 13.4. The van der Waals surface area contributed by atoms with Crippen molar-refractivity contribution in [3.05, 3.63) is 45.9 Å². The number of rotatable bonds is 7. The highest BCUT2D eigenvalue weighted by atomic mass is 16.5. The van der Waals surface area contributed by atoms with Crippen LogP contribution in [0.1, 0.15) is 50.3 Å². The minimum absolute atomic E-state index is 0.134. The lowest BCUT2D eigenvalue weighted by atomic mass is 9.94. The van der Waals surface area contributed by atoms with Crippen molar-refractivity contribution in [1.82, 2.24) is 5.32 Å². The molecule has 1 amide bonds.